The Balaban J connectivity index is 1.61. The fourth-order valence-electron chi connectivity index (χ4n) is 3.92. The average molecular weight is 576 g/mol. The molecule has 0 spiro atoms. The molecule has 13 heteroatoms. The summed E-state index contributed by atoms with van der Waals surface area (Å²) in [4.78, 5) is 38.9. The molecule has 0 bridgehead atoms. The molecule has 3 N–H and O–H groups in total. The molecule has 2 aliphatic rings. The molecule has 1 fully saturated rings. The zero-order chi connectivity index (χ0) is 26.5. The Kier molecular flexibility index (Phi) is 6.40. The number of anilines is 2. The van der Waals surface area contributed by atoms with Gasteiger partial charge in [0.25, 0.3) is 27.1 Å². The number of nitrogens with zero attached hydrogens (tertiary/aromatic N) is 1. The van der Waals surface area contributed by atoms with E-state index >= 15 is 0 Å². The Morgan fingerprint density at radius 1 is 0.973 bits per heavy atom. The van der Waals surface area contributed by atoms with Gasteiger partial charge in [-0.25, -0.2) is 8.42 Å². The number of carbonyl (C=O) groups excluding carboxylic acids is 3. The van der Waals surface area contributed by atoms with Crippen molar-refractivity contribution < 1.29 is 27.9 Å². The Morgan fingerprint density at radius 2 is 1.73 bits per heavy atom. The van der Waals surface area contributed by atoms with Gasteiger partial charge in [0.2, 0.25) is 0 Å². The third-order valence-electron chi connectivity index (χ3n) is 5.61. The summed E-state index contributed by atoms with van der Waals surface area (Å²) in [7, 11) is -4.20. The molecule has 2 heterocycles. The monoisotopic (exact) mass is 575 g/mol. The van der Waals surface area contributed by atoms with Crippen molar-refractivity contribution in [2.24, 2.45) is 0 Å². The maximum atomic E-state index is 13.6. The second kappa shape index (κ2) is 9.42. The van der Waals surface area contributed by atoms with E-state index in [1.165, 1.54) is 35.2 Å². The predicted molar refractivity (Wildman–Crippen MR) is 141 cm³/mol. The second-order valence-electron chi connectivity index (χ2n) is 7.99. The maximum Gasteiger partial charge on any atom is 0.290 e. The quantitative estimate of drug-likeness (QED) is 0.295. The number of hydrogen-bond acceptors (Lipinski definition) is 7. The number of hydrogen-bond donors (Lipinski definition) is 3. The van der Waals surface area contributed by atoms with Crippen LogP contribution >= 0.6 is 35.0 Å². The van der Waals surface area contributed by atoms with Crippen molar-refractivity contribution >= 4 is 79.0 Å². The lowest BCUT2D eigenvalue weighted by molar-refractivity contribution is -0.116. The van der Waals surface area contributed by atoms with Gasteiger partial charge in [-0.15, -0.1) is 0 Å². The number of amides is 3. The van der Waals surface area contributed by atoms with Crippen LogP contribution in [0.1, 0.15) is 11.1 Å². The Bertz CT molecular complexity index is 1660. The first-order chi connectivity index (χ1) is 17.5. The molecule has 0 unspecified atom stereocenters. The van der Waals surface area contributed by atoms with Gasteiger partial charge in [0.1, 0.15) is 5.75 Å². The lowest BCUT2D eigenvalue weighted by atomic mass is 10.1. The summed E-state index contributed by atoms with van der Waals surface area (Å²) in [5.74, 6) is -1.60. The van der Waals surface area contributed by atoms with E-state index in [0.29, 0.717) is 28.0 Å². The van der Waals surface area contributed by atoms with Crippen LogP contribution in [-0.4, -0.2) is 30.6 Å². The number of aromatic hydroxyl groups is 1. The number of nitrogens with one attached hydrogen (secondary N) is 2. The summed E-state index contributed by atoms with van der Waals surface area (Å²) in [5.41, 5.74) is 1.01. The number of benzene rings is 3. The molecular weight excluding hydrogens is 561 g/mol. The fraction of sp³-hybridized carbons (Fsp3) is 0.0417. The van der Waals surface area contributed by atoms with Crippen LogP contribution < -0.4 is 14.9 Å². The Labute approximate surface area is 225 Å². The molecule has 2 aliphatic heterocycles. The Morgan fingerprint density at radius 3 is 2.41 bits per heavy atom. The second-order valence-corrected chi connectivity index (χ2v) is 11.5. The fourth-order valence-corrected chi connectivity index (χ4v) is 6.11. The van der Waals surface area contributed by atoms with Crippen LogP contribution in [0.15, 0.2) is 70.5 Å². The van der Waals surface area contributed by atoms with Gasteiger partial charge in [-0.2, -0.15) is 0 Å². The first-order valence-electron chi connectivity index (χ1n) is 10.5. The molecule has 188 valence electrons. The number of fused-ring (bicyclic) bond motifs is 1. The highest BCUT2D eigenvalue weighted by molar-refractivity contribution is 8.18. The molecule has 0 aromatic heterocycles. The van der Waals surface area contributed by atoms with E-state index in [0.717, 1.165) is 0 Å². The predicted octanol–water partition coefficient (Wildman–Crippen LogP) is 4.74. The minimum atomic E-state index is -4.20. The average Bonchev–Trinajstić information content (AvgIpc) is 3.31. The lowest BCUT2D eigenvalue weighted by Gasteiger charge is -2.18. The first kappa shape index (κ1) is 25.2. The molecule has 1 saturated heterocycles. The van der Waals surface area contributed by atoms with Gasteiger partial charge in [0.15, 0.2) is 0 Å². The van der Waals surface area contributed by atoms with Crippen molar-refractivity contribution in [1.29, 1.82) is 0 Å². The molecule has 3 amide bonds. The van der Waals surface area contributed by atoms with Gasteiger partial charge in [0.05, 0.1) is 43.3 Å². The highest BCUT2D eigenvalue weighted by atomic mass is 35.5. The van der Waals surface area contributed by atoms with Gasteiger partial charge in [0, 0.05) is 5.56 Å². The topological polar surface area (TPSA) is 133 Å². The van der Waals surface area contributed by atoms with Crippen LogP contribution in [0.4, 0.5) is 16.2 Å². The van der Waals surface area contributed by atoms with Crippen molar-refractivity contribution in [3.63, 3.8) is 0 Å². The van der Waals surface area contributed by atoms with Crippen LogP contribution in [-0.2, 0) is 26.2 Å². The minimum Gasteiger partial charge on any atom is -0.506 e. The zero-order valence-electron chi connectivity index (χ0n) is 18.5. The van der Waals surface area contributed by atoms with Gasteiger partial charge in [-0.3, -0.25) is 24.4 Å². The summed E-state index contributed by atoms with van der Waals surface area (Å²) in [5, 5.41) is 12.1. The Hall–Kier alpha value is -3.51. The van der Waals surface area contributed by atoms with Crippen LogP contribution in [0.3, 0.4) is 0 Å². The van der Waals surface area contributed by atoms with E-state index in [-0.39, 0.29) is 43.9 Å². The van der Waals surface area contributed by atoms with Crippen molar-refractivity contribution in [2.45, 2.75) is 11.4 Å². The highest BCUT2D eigenvalue weighted by Gasteiger charge is 2.40. The minimum absolute atomic E-state index is 0.0322. The molecule has 0 radical (unpaired) electrons. The summed E-state index contributed by atoms with van der Waals surface area (Å²) < 4.78 is 28.5. The lowest BCUT2D eigenvalue weighted by Crippen LogP contribution is -2.26. The molecule has 0 aliphatic carbocycles. The molecular formula is C24H15Cl2N3O6S2. The first-order valence-corrected chi connectivity index (χ1v) is 13.6. The number of para-hydroxylation sites is 2. The third-order valence-corrected chi connectivity index (χ3v) is 8.60. The molecule has 0 atom stereocenters. The van der Waals surface area contributed by atoms with Gasteiger partial charge < -0.3 is 10.0 Å². The van der Waals surface area contributed by atoms with Crippen LogP contribution in [0.2, 0.25) is 10.0 Å². The van der Waals surface area contributed by atoms with Crippen molar-refractivity contribution in [3.8, 4) is 5.75 Å². The summed E-state index contributed by atoms with van der Waals surface area (Å²) in [6, 6.07) is 14.7. The smallest absolute Gasteiger partial charge is 0.290 e. The van der Waals surface area contributed by atoms with E-state index in [2.05, 4.69) is 10.0 Å². The number of phenols is 1. The van der Waals surface area contributed by atoms with Gasteiger partial charge >= 0.3 is 0 Å². The van der Waals surface area contributed by atoms with Crippen molar-refractivity contribution in [3.05, 3.63) is 86.7 Å². The molecule has 0 saturated carbocycles. The maximum absolute atomic E-state index is 13.6. The van der Waals surface area contributed by atoms with E-state index < -0.39 is 27.1 Å². The van der Waals surface area contributed by atoms with Gasteiger partial charge in [-0.1, -0.05) is 41.4 Å². The zero-order valence-corrected chi connectivity index (χ0v) is 21.6. The molecule has 37 heavy (non-hydrogen) atoms. The molecule has 9 nitrogen and oxygen atoms in total. The van der Waals surface area contributed by atoms with Crippen molar-refractivity contribution in [1.82, 2.24) is 5.32 Å². The molecule has 3 aromatic rings. The van der Waals surface area contributed by atoms with Crippen LogP contribution in [0, 0.1) is 0 Å². The highest BCUT2D eigenvalue weighted by Crippen LogP contribution is 2.44. The van der Waals surface area contributed by atoms with Gasteiger partial charge in [-0.05, 0) is 59.8 Å². The number of halogens is 2. The SMILES string of the molecule is O=C1NC(=O)/C(=C2\C(=O)N(Cc3ccc(Cl)c(Cl)c3)c3ccc(S(=O)(=O)Nc4ccccc4O)cc32)S1. The van der Waals surface area contributed by atoms with E-state index in [1.54, 1.807) is 30.3 Å². The summed E-state index contributed by atoms with van der Waals surface area (Å²) in [6.07, 6.45) is 0. The summed E-state index contributed by atoms with van der Waals surface area (Å²) >= 11 is 12.7. The van der Waals surface area contributed by atoms with E-state index in [1.807, 2.05) is 0 Å². The molecule has 3 aromatic carbocycles. The van der Waals surface area contributed by atoms with E-state index in [9.17, 15) is 27.9 Å². The number of carbonyl (C=O) groups is 3. The summed E-state index contributed by atoms with van der Waals surface area (Å²) in [6.45, 7) is 0.0436. The van der Waals surface area contributed by atoms with Crippen molar-refractivity contribution in [2.75, 3.05) is 9.62 Å². The molecule has 5 rings (SSSR count). The normalized spacial score (nSPS) is 17.2. The van der Waals surface area contributed by atoms with E-state index in [4.69, 9.17) is 23.2 Å². The van der Waals surface area contributed by atoms with Crippen LogP contribution in [0.25, 0.3) is 5.57 Å². The number of sulfonamides is 1. The standard InChI is InChI=1S/C24H15Cl2N3O6S2/c25-15-7-5-12(9-16(15)26)11-29-18-8-6-13(37(34,35)28-17-3-1-2-4-19(17)30)10-14(18)20(23(29)32)21-22(31)27-24(33)36-21/h1-10,28,30H,11H2,(H,27,31,33)/b21-20+. The third kappa shape index (κ3) is 4.66. The number of thioether (sulfide) groups is 1. The number of imide groups is 1. The van der Waals surface area contributed by atoms with Crippen LogP contribution in [0.5, 0.6) is 5.75 Å². The largest absolute Gasteiger partial charge is 0.506 e. The number of rotatable bonds is 5. The number of phenolic OH excluding ortho intramolecular Hbond substituents is 1.